The number of carboxylic acids is 1. The highest BCUT2D eigenvalue weighted by atomic mass is 16.4. The third-order valence-corrected chi connectivity index (χ3v) is 1.68. The molecule has 0 aliphatic carbocycles. The first-order valence-electron chi connectivity index (χ1n) is 3.85. The number of nitrogens with zero attached hydrogens (tertiary/aromatic N) is 2. The minimum absolute atomic E-state index is 0.0200. The lowest BCUT2D eigenvalue weighted by Gasteiger charge is -1.95. The van der Waals surface area contributed by atoms with Crippen LogP contribution in [0, 0.1) is 0 Å². The molecule has 0 saturated heterocycles. The van der Waals surface area contributed by atoms with Gasteiger partial charge in [-0.2, -0.15) is 4.79 Å². The Labute approximate surface area is 79.9 Å². The lowest BCUT2D eigenvalue weighted by atomic mass is 10.1. The van der Waals surface area contributed by atoms with Crippen LogP contribution in [-0.2, 0) is 11.2 Å². The molecule has 0 amide bonds. The molecule has 1 aromatic carbocycles. The van der Waals surface area contributed by atoms with Crippen LogP contribution in [0.1, 0.15) is 5.56 Å². The smallest absolute Gasteiger partial charge is 0.414 e. The number of carboxylic acid groups (broad SMARTS) is 1. The third kappa shape index (κ3) is 2.43. The van der Waals surface area contributed by atoms with E-state index < -0.39 is 5.97 Å². The maximum absolute atomic E-state index is 10.5. The Bertz CT molecular complexity index is 391. The van der Waals surface area contributed by atoms with E-state index in [4.69, 9.17) is 15.7 Å². The number of phenols is 1. The molecule has 1 rings (SSSR count). The van der Waals surface area contributed by atoms with Crippen molar-refractivity contribution in [2.45, 2.75) is 6.42 Å². The zero-order chi connectivity index (χ0) is 10.6. The van der Waals surface area contributed by atoms with Crippen LogP contribution >= 0.6 is 0 Å². The summed E-state index contributed by atoms with van der Waals surface area (Å²) in [7, 11) is 0. The fraction of sp³-hybridized carbons (Fsp3) is 0.111. The highest BCUT2D eigenvalue weighted by Gasteiger charge is 2.18. The Morgan fingerprint density at radius 1 is 1.36 bits per heavy atom. The van der Waals surface area contributed by atoms with Crippen LogP contribution in [-0.4, -0.2) is 26.7 Å². The molecule has 0 aromatic heterocycles. The maximum Gasteiger partial charge on any atom is 0.414 e. The average Bonchev–Trinajstić information content (AvgIpc) is 2.16. The SMILES string of the molecule is [N-]=[N+]=C(Cc1ccc(O)cc1)C(=O)O. The van der Waals surface area contributed by atoms with Crippen LogP contribution in [0.5, 0.6) is 5.75 Å². The van der Waals surface area contributed by atoms with E-state index in [2.05, 4.69) is 4.79 Å². The molecule has 0 unspecified atom stereocenters. The Hall–Kier alpha value is -2.13. The van der Waals surface area contributed by atoms with E-state index in [9.17, 15) is 4.79 Å². The highest BCUT2D eigenvalue weighted by molar-refractivity contribution is 6.33. The second kappa shape index (κ2) is 4.20. The molecular weight excluding hydrogens is 184 g/mol. The van der Waals surface area contributed by atoms with Crippen molar-refractivity contribution in [2.75, 3.05) is 0 Å². The Morgan fingerprint density at radius 3 is 2.36 bits per heavy atom. The first-order valence-corrected chi connectivity index (χ1v) is 3.85. The van der Waals surface area contributed by atoms with Crippen LogP contribution in [0.3, 0.4) is 0 Å². The van der Waals surface area contributed by atoms with Crippen molar-refractivity contribution in [3.8, 4) is 5.75 Å². The number of rotatable bonds is 3. The van der Waals surface area contributed by atoms with E-state index in [1.54, 1.807) is 12.1 Å². The molecule has 72 valence electrons. The molecule has 0 fully saturated rings. The highest BCUT2D eigenvalue weighted by Crippen LogP contribution is 2.10. The van der Waals surface area contributed by atoms with Gasteiger partial charge in [-0.25, -0.2) is 4.79 Å². The molecule has 0 bridgehead atoms. The van der Waals surface area contributed by atoms with E-state index in [0.29, 0.717) is 5.56 Å². The van der Waals surface area contributed by atoms with Gasteiger partial charge in [-0.05, 0) is 17.7 Å². The van der Waals surface area contributed by atoms with E-state index in [1.165, 1.54) is 12.1 Å². The van der Waals surface area contributed by atoms with Gasteiger partial charge in [-0.3, -0.25) is 0 Å². The minimum atomic E-state index is -1.26. The molecule has 2 N–H and O–H groups in total. The molecule has 0 atom stereocenters. The van der Waals surface area contributed by atoms with Gasteiger partial charge in [0.05, 0.1) is 6.42 Å². The van der Waals surface area contributed by atoms with Crippen molar-refractivity contribution in [1.82, 2.24) is 0 Å². The maximum atomic E-state index is 10.5. The summed E-state index contributed by atoms with van der Waals surface area (Å²) in [5.74, 6) is -1.16. The Kier molecular flexibility index (Phi) is 2.99. The zero-order valence-corrected chi connectivity index (χ0v) is 7.21. The van der Waals surface area contributed by atoms with Crippen LogP contribution in [0.4, 0.5) is 0 Å². The van der Waals surface area contributed by atoms with Gasteiger partial charge in [0.15, 0.2) is 0 Å². The van der Waals surface area contributed by atoms with Gasteiger partial charge in [0, 0.05) is 0 Å². The van der Waals surface area contributed by atoms with Crippen molar-refractivity contribution in [3.63, 3.8) is 0 Å². The van der Waals surface area contributed by atoms with Gasteiger partial charge >= 0.3 is 11.7 Å². The normalized spacial score (nSPS) is 9.14. The number of benzene rings is 1. The van der Waals surface area contributed by atoms with E-state index >= 15 is 0 Å². The zero-order valence-electron chi connectivity index (χ0n) is 7.21. The molecule has 0 aliphatic rings. The fourth-order valence-electron chi connectivity index (χ4n) is 0.961. The van der Waals surface area contributed by atoms with Crippen LogP contribution in [0.2, 0.25) is 0 Å². The van der Waals surface area contributed by atoms with Gasteiger partial charge in [0.1, 0.15) is 5.75 Å². The van der Waals surface area contributed by atoms with Gasteiger partial charge in [0.25, 0.3) is 0 Å². The van der Waals surface area contributed by atoms with E-state index in [0.717, 1.165) is 0 Å². The Morgan fingerprint density at radius 2 is 1.93 bits per heavy atom. The molecule has 0 heterocycles. The lowest BCUT2D eigenvalue weighted by molar-refractivity contribution is -0.134. The number of aromatic hydroxyl groups is 1. The fourth-order valence-corrected chi connectivity index (χ4v) is 0.961. The van der Waals surface area contributed by atoms with Crippen LogP contribution in [0.25, 0.3) is 5.53 Å². The first kappa shape index (κ1) is 9.95. The summed E-state index contributed by atoms with van der Waals surface area (Å²) >= 11 is 0. The second-order valence-corrected chi connectivity index (χ2v) is 2.70. The van der Waals surface area contributed by atoms with Crippen molar-refractivity contribution in [2.24, 2.45) is 0 Å². The molecule has 0 radical (unpaired) electrons. The number of hydrogen-bond acceptors (Lipinski definition) is 2. The standard InChI is InChI=1S/C9H8N2O3/c10-11-8(9(13)14)5-6-1-3-7(12)4-2-6/h1-4,12H,5H2,(H,13,14). The summed E-state index contributed by atoms with van der Waals surface area (Å²) in [6.07, 6.45) is 0.0200. The van der Waals surface area contributed by atoms with E-state index in [1.807, 2.05) is 0 Å². The summed E-state index contributed by atoms with van der Waals surface area (Å²) < 4.78 is 0. The van der Waals surface area contributed by atoms with Crippen molar-refractivity contribution >= 4 is 11.7 Å². The molecule has 5 heteroatoms. The van der Waals surface area contributed by atoms with Crippen molar-refractivity contribution in [1.29, 1.82) is 0 Å². The number of aliphatic carboxylic acids is 1. The van der Waals surface area contributed by atoms with Crippen LogP contribution < -0.4 is 0 Å². The third-order valence-electron chi connectivity index (χ3n) is 1.68. The largest absolute Gasteiger partial charge is 0.508 e. The first-order chi connectivity index (χ1) is 6.63. The van der Waals surface area contributed by atoms with Gasteiger partial charge < -0.3 is 15.7 Å². The minimum Gasteiger partial charge on any atom is -0.508 e. The summed E-state index contributed by atoms with van der Waals surface area (Å²) in [4.78, 5) is 13.1. The average molecular weight is 192 g/mol. The summed E-state index contributed by atoms with van der Waals surface area (Å²) in [5, 5.41) is 17.5. The van der Waals surface area contributed by atoms with Gasteiger partial charge in [0.2, 0.25) is 0 Å². The summed E-state index contributed by atoms with van der Waals surface area (Å²) in [5.41, 5.74) is 8.68. The number of phenolic OH excluding ortho intramolecular Hbond substituents is 1. The monoisotopic (exact) mass is 192 g/mol. The van der Waals surface area contributed by atoms with E-state index in [-0.39, 0.29) is 17.9 Å². The van der Waals surface area contributed by atoms with Gasteiger partial charge in [-0.1, -0.05) is 12.1 Å². The van der Waals surface area contributed by atoms with Crippen molar-refractivity contribution in [3.05, 3.63) is 35.4 Å². The molecule has 1 aromatic rings. The summed E-state index contributed by atoms with van der Waals surface area (Å²) in [6, 6.07) is 5.99. The molecule has 0 aliphatic heterocycles. The topological polar surface area (TPSA) is 93.9 Å². The molecule has 0 saturated carbocycles. The number of carbonyl (C=O) groups is 1. The molecule has 0 spiro atoms. The molecular formula is C9H8N2O3. The van der Waals surface area contributed by atoms with Crippen molar-refractivity contribution < 1.29 is 19.8 Å². The Balaban J connectivity index is 2.83. The summed E-state index contributed by atoms with van der Waals surface area (Å²) in [6.45, 7) is 0. The van der Waals surface area contributed by atoms with Gasteiger partial charge in [-0.15, -0.1) is 0 Å². The van der Waals surface area contributed by atoms with Crippen LogP contribution in [0.15, 0.2) is 24.3 Å². The lowest BCUT2D eigenvalue weighted by Crippen LogP contribution is -2.16. The number of hydrogen-bond donors (Lipinski definition) is 2. The molecule has 14 heavy (non-hydrogen) atoms. The predicted molar refractivity (Wildman–Crippen MR) is 48.1 cm³/mol. The second-order valence-electron chi connectivity index (χ2n) is 2.70. The predicted octanol–water partition coefficient (Wildman–Crippen LogP) is 0.690. The molecule has 5 nitrogen and oxygen atoms in total. The quantitative estimate of drug-likeness (QED) is 0.419.